The normalized spacial score (nSPS) is 17.3. The number of hydrogen-bond acceptors (Lipinski definition) is 4. The molecule has 3 aromatic carbocycles. The lowest BCUT2D eigenvalue weighted by atomic mass is 9.94. The Morgan fingerprint density at radius 2 is 1.71 bits per heavy atom. The van der Waals surface area contributed by atoms with Gasteiger partial charge < -0.3 is 9.84 Å². The highest BCUT2D eigenvalue weighted by atomic mass is 19.1. The van der Waals surface area contributed by atoms with E-state index in [-0.39, 0.29) is 16.9 Å². The molecule has 0 saturated carbocycles. The SMILES string of the molecule is CCCOc1cccc(N2C(=O)C(=O)/C(=C(/O)c3ccc(F)cc3)C2c2ccc(CC)cc2)c1. The molecule has 1 unspecified atom stereocenters. The Labute approximate surface area is 198 Å². The number of rotatable bonds is 7. The molecule has 0 spiro atoms. The summed E-state index contributed by atoms with van der Waals surface area (Å²) in [4.78, 5) is 27.9. The van der Waals surface area contributed by atoms with E-state index in [0.717, 1.165) is 18.4 Å². The van der Waals surface area contributed by atoms with Crippen LogP contribution in [0.3, 0.4) is 0 Å². The lowest BCUT2D eigenvalue weighted by Crippen LogP contribution is -2.29. The van der Waals surface area contributed by atoms with Crippen molar-refractivity contribution < 1.29 is 23.8 Å². The van der Waals surface area contributed by atoms with Crippen molar-refractivity contribution in [3.8, 4) is 5.75 Å². The minimum Gasteiger partial charge on any atom is -0.507 e. The minimum absolute atomic E-state index is 0.0410. The van der Waals surface area contributed by atoms with E-state index in [9.17, 15) is 19.1 Å². The predicted molar refractivity (Wildman–Crippen MR) is 129 cm³/mol. The van der Waals surface area contributed by atoms with Crippen LogP contribution in [-0.2, 0) is 16.0 Å². The first-order valence-electron chi connectivity index (χ1n) is 11.3. The lowest BCUT2D eigenvalue weighted by molar-refractivity contribution is -0.132. The molecule has 1 N–H and O–H groups in total. The standard InChI is InChI=1S/C28H26FNO4/c1-3-16-34-23-7-5-6-22(17-23)30-25(19-10-8-18(4-2)9-11-19)24(27(32)28(30)33)26(31)20-12-14-21(29)15-13-20/h5-15,17,25,31H,3-4,16H2,1-2H3/b26-24+. The number of ketones is 1. The molecule has 1 fully saturated rings. The van der Waals surface area contributed by atoms with Crippen molar-refractivity contribution >= 4 is 23.1 Å². The molecular weight excluding hydrogens is 433 g/mol. The number of ether oxygens (including phenoxy) is 1. The van der Waals surface area contributed by atoms with E-state index < -0.39 is 23.5 Å². The van der Waals surface area contributed by atoms with Crippen molar-refractivity contribution in [2.45, 2.75) is 32.7 Å². The lowest BCUT2D eigenvalue weighted by Gasteiger charge is -2.26. The summed E-state index contributed by atoms with van der Waals surface area (Å²) in [5.41, 5.74) is 2.49. The van der Waals surface area contributed by atoms with E-state index in [4.69, 9.17) is 4.74 Å². The molecule has 0 aliphatic carbocycles. The molecule has 5 nitrogen and oxygen atoms in total. The van der Waals surface area contributed by atoms with Crippen LogP contribution in [0.2, 0.25) is 0 Å². The fraction of sp³-hybridized carbons (Fsp3) is 0.214. The number of aliphatic hydroxyl groups is 1. The first-order valence-corrected chi connectivity index (χ1v) is 11.3. The number of benzene rings is 3. The zero-order valence-corrected chi connectivity index (χ0v) is 19.1. The molecule has 3 aromatic rings. The maximum atomic E-state index is 13.4. The summed E-state index contributed by atoms with van der Waals surface area (Å²) in [5.74, 6) is -1.77. The van der Waals surface area contributed by atoms with E-state index in [0.29, 0.717) is 23.6 Å². The zero-order chi connectivity index (χ0) is 24.2. The predicted octanol–water partition coefficient (Wildman–Crippen LogP) is 5.80. The molecule has 0 radical (unpaired) electrons. The summed E-state index contributed by atoms with van der Waals surface area (Å²) in [6.45, 7) is 4.56. The van der Waals surface area contributed by atoms with Crippen molar-refractivity contribution in [3.63, 3.8) is 0 Å². The summed E-state index contributed by atoms with van der Waals surface area (Å²) < 4.78 is 19.2. The molecule has 34 heavy (non-hydrogen) atoms. The second-order valence-electron chi connectivity index (χ2n) is 8.12. The number of nitrogens with zero attached hydrogens (tertiary/aromatic N) is 1. The molecule has 6 heteroatoms. The number of aliphatic hydroxyl groups excluding tert-OH is 1. The van der Waals surface area contributed by atoms with Crippen molar-refractivity contribution in [1.29, 1.82) is 0 Å². The third-order valence-electron chi connectivity index (χ3n) is 5.83. The van der Waals surface area contributed by atoms with E-state index in [1.165, 1.54) is 29.2 Å². The van der Waals surface area contributed by atoms with Crippen molar-refractivity contribution in [1.82, 2.24) is 0 Å². The van der Waals surface area contributed by atoms with Gasteiger partial charge in [0.1, 0.15) is 17.3 Å². The summed E-state index contributed by atoms with van der Waals surface area (Å²) in [6.07, 6.45) is 1.67. The average Bonchev–Trinajstić information content (AvgIpc) is 3.13. The number of carbonyl (C=O) groups is 2. The molecule has 174 valence electrons. The van der Waals surface area contributed by atoms with Crippen molar-refractivity contribution in [3.05, 3.63) is 101 Å². The third kappa shape index (κ3) is 4.44. The molecular formula is C28H26FNO4. The van der Waals surface area contributed by atoms with Crippen molar-refractivity contribution in [2.24, 2.45) is 0 Å². The Morgan fingerprint density at radius 1 is 1.00 bits per heavy atom. The highest BCUT2D eigenvalue weighted by molar-refractivity contribution is 6.51. The summed E-state index contributed by atoms with van der Waals surface area (Å²) >= 11 is 0. The van der Waals surface area contributed by atoms with E-state index >= 15 is 0 Å². The maximum absolute atomic E-state index is 13.4. The highest BCUT2D eigenvalue weighted by Gasteiger charge is 2.47. The molecule has 1 heterocycles. The number of halogens is 1. The van der Waals surface area contributed by atoms with Gasteiger partial charge in [0.25, 0.3) is 11.7 Å². The topological polar surface area (TPSA) is 66.8 Å². The Balaban J connectivity index is 1.88. The summed E-state index contributed by atoms with van der Waals surface area (Å²) in [7, 11) is 0. The fourth-order valence-corrected chi connectivity index (χ4v) is 4.06. The smallest absolute Gasteiger partial charge is 0.300 e. The second-order valence-corrected chi connectivity index (χ2v) is 8.12. The van der Waals surface area contributed by atoms with Gasteiger partial charge in [-0.1, -0.05) is 44.2 Å². The van der Waals surface area contributed by atoms with Gasteiger partial charge in [0.05, 0.1) is 18.2 Å². The zero-order valence-electron chi connectivity index (χ0n) is 19.1. The number of Topliss-reactive ketones (excluding diaryl/α,β-unsaturated/α-hetero) is 1. The molecule has 4 rings (SSSR count). The van der Waals surface area contributed by atoms with Crippen LogP contribution in [0, 0.1) is 5.82 Å². The van der Waals surface area contributed by atoms with Crippen LogP contribution in [0.4, 0.5) is 10.1 Å². The Bertz CT molecular complexity index is 1230. The van der Waals surface area contributed by atoms with Crippen LogP contribution in [0.1, 0.15) is 43.0 Å². The second kappa shape index (κ2) is 9.91. The van der Waals surface area contributed by atoms with Gasteiger partial charge in [-0.2, -0.15) is 0 Å². The van der Waals surface area contributed by atoms with Gasteiger partial charge in [-0.25, -0.2) is 4.39 Å². The molecule has 0 bridgehead atoms. The van der Waals surface area contributed by atoms with Crippen LogP contribution in [0.5, 0.6) is 5.75 Å². The number of anilines is 1. The molecule has 1 amide bonds. The van der Waals surface area contributed by atoms with Crippen LogP contribution >= 0.6 is 0 Å². The Kier molecular flexibility index (Phi) is 6.77. The van der Waals surface area contributed by atoms with E-state index in [1.54, 1.807) is 24.3 Å². The van der Waals surface area contributed by atoms with Gasteiger partial charge >= 0.3 is 0 Å². The van der Waals surface area contributed by atoms with Gasteiger partial charge in [0.2, 0.25) is 0 Å². The molecule has 0 aromatic heterocycles. The monoisotopic (exact) mass is 459 g/mol. The maximum Gasteiger partial charge on any atom is 0.300 e. The Morgan fingerprint density at radius 3 is 2.35 bits per heavy atom. The third-order valence-corrected chi connectivity index (χ3v) is 5.83. The summed E-state index contributed by atoms with van der Waals surface area (Å²) in [6, 6.07) is 18.9. The summed E-state index contributed by atoms with van der Waals surface area (Å²) in [5, 5.41) is 11.1. The van der Waals surface area contributed by atoms with E-state index in [2.05, 4.69) is 0 Å². The van der Waals surface area contributed by atoms with Gasteiger partial charge in [-0.3, -0.25) is 14.5 Å². The molecule has 1 aliphatic rings. The number of hydrogen-bond donors (Lipinski definition) is 1. The first-order chi connectivity index (χ1) is 16.4. The average molecular weight is 460 g/mol. The van der Waals surface area contributed by atoms with Gasteiger partial charge in [-0.15, -0.1) is 0 Å². The molecule has 1 saturated heterocycles. The first kappa shape index (κ1) is 23.2. The fourth-order valence-electron chi connectivity index (χ4n) is 4.06. The number of carbonyl (C=O) groups excluding carboxylic acids is 2. The quantitative estimate of drug-likeness (QED) is 0.275. The van der Waals surface area contributed by atoms with Gasteiger partial charge in [0, 0.05) is 17.3 Å². The highest BCUT2D eigenvalue weighted by Crippen LogP contribution is 2.42. The molecule has 1 atom stereocenters. The molecule has 1 aliphatic heterocycles. The van der Waals surface area contributed by atoms with Crippen LogP contribution < -0.4 is 9.64 Å². The number of aryl methyl sites for hydroxylation is 1. The van der Waals surface area contributed by atoms with Crippen molar-refractivity contribution in [2.75, 3.05) is 11.5 Å². The minimum atomic E-state index is -0.850. The van der Waals surface area contributed by atoms with E-state index in [1.807, 2.05) is 38.1 Å². The number of amides is 1. The largest absolute Gasteiger partial charge is 0.507 e. The van der Waals surface area contributed by atoms with Gasteiger partial charge in [-0.05, 0) is 60.4 Å². The van der Waals surface area contributed by atoms with Crippen LogP contribution in [-0.4, -0.2) is 23.4 Å². The van der Waals surface area contributed by atoms with Crippen LogP contribution in [0.25, 0.3) is 5.76 Å². The van der Waals surface area contributed by atoms with Crippen LogP contribution in [0.15, 0.2) is 78.4 Å². The Hall–Kier alpha value is -3.93. The van der Waals surface area contributed by atoms with Gasteiger partial charge in [0.15, 0.2) is 0 Å².